The Hall–Kier alpha value is -1.24. The average Bonchev–Trinajstić information content (AvgIpc) is 2.95. The Kier molecular flexibility index (Phi) is 3.38. The van der Waals surface area contributed by atoms with E-state index in [9.17, 15) is 0 Å². The minimum Gasteiger partial charge on any atom is -0.308 e. The number of hydrazine groups is 1. The number of nitrogens with zero attached hydrogens (tertiary/aromatic N) is 3. The lowest BCUT2D eigenvalue weighted by Crippen LogP contribution is -2.27. The van der Waals surface area contributed by atoms with Crippen LogP contribution < -0.4 is 11.3 Å². The quantitative estimate of drug-likeness (QED) is 0.665. The van der Waals surface area contributed by atoms with Crippen molar-refractivity contribution in [2.24, 2.45) is 11.8 Å². The van der Waals surface area contributed by atoms with Crippen LogP contribution in [0.25, 0.3) is 10.2 Å². The number of nitrogens with one attached hydrogen (secondary N) is 1. The zero-order valence-corrected chi connectivity index (χ0v) is 12.1. The molecule has 2 aromatic rings. The van der Waals surface area contributed by atoms with Gasteiger partial charge in [0.25, 0.3) is 0 Å². The van der Waals surface area contributed by atoms with E-state index in [2.05, 4.69) is 34.1 Å². The second kappa shape index (κ2) is 5.03. The van der Waals surface area contributed by atoms with Crippen molar-refractivity contribution in [3.05, 3.63) is 17.3 Å². The molecule has 0 aliphatic carbocycles. The van der Waals surface area contributed by atoms with E-state index in [1.807, 2.05) is 11.4 Å². The van der Waals surface area contributed by atoms with Crippen molar-refractivity contribution in [1.82, 2.24) is 14.9 Å². The molecule has 1 saturated heterocycles. The number of nitrogens with two attached hydrogens (primary N) is 1. The molecule has 0 bridgehead atoms. The average molecular weight is 277 g/mol. The number of anilines is 1. The predicted octanol–water partition coefficient (Wildman–Crippen LogP) is 2.21. The summed E-state index contributed by atoms with van der Waals surface area (Å²) in [4.78, 5) is 12.6. The van der Waals surface area contributed by atoms with Crippen molar-refractivity contribution in [2.75, 3.05) is 12.0 Å². The minimum absolute atomic E-state index is 0.604. The molecule has 3 N–H and O–H groups in total. The first-order chi connectivity index (χ1) is 9.17. The van der Waals surface area contributed by atoms with Crippen LogP contribution in [0.3, 0.4) is 0 Å². The second-order valence-electron chi connectivity index (χ2n) is 5.39. The van der Waals surface area contributed by atoms with E-state index in [0.29, 0.717) is 6.04 Å². The maximum Gasteiger partial charge on any atom is 0.152 e. The fourth-order valence-electron chi connectivity index (χ4n) is 2.87. The van der Waals surface area contributed by atoms with Gasteiger partial charge in [0.15, 0.2) is 5.82 Å². The molecule has 2 unspecified atom stereocenters. The number of hydrogen-bond acceptors (Lipinski definition) is 6. The molecule has 102 valence electrons. The van der Waals surface area contributed by atoms with Crippen LogP contribution in [0.15, 0.2) is 11.4 Å². The van der Waals surface area contributed by atoms with E-state index >= 15 is 0 Å². The van der Waals surface area contributed by atoms with Gasteiger partial charge in [-0.15, -0.1) is 11.3 Å². The van der Waals surface area contributed by atoms with Crippen LogP contribution in [0.1, 0.15) is 26.1 Å². The first-order valence-corrected chi connectivity index (χ1v) is 7.50. The maximum absolute atomic E-state index is 5.55. The topological polar surface area (TPSA) is 67.1 Å². The SMILES string of the molecule is CC1CC(C)N(Cc2nc(NN)c3ccsc3n2)C1. The number of nitrogen functional groups attached to an aromatic ring is 1. The molecule has 0 saturated carbocycles. The molecule has 3 rings (SSSR count). The summed E-state index contributed by atoms with van der Waals surface area (Å²) in [5.41, 5.74) is 2.68. The summed E-state index contributed by atoms with van der Waals surface area (Å²) in [5, 5.41) is 3.02. The molecular weight excluding hydrogens is 258 g/mol. The highest BCUT2D eigenvalue weighted by molar-refractivity contribution is 7.16. The Balaban J connectivity index is 1.88. The van der Waals surface area contributed by atoms with Crippen molar-refractivity contribution in [1.29, 1.82) is 0 Å². The lowest BCUT2D eigenvalue weighted by molar-refractivity contribution is 0.250. The third-order valence-electron chi connectivity index (χ3n) is 3.77. The van der Waals surface area contributed by atoms with Crippen molar-refractivity contribution >= 4 is 27.4 Å². The highest BCUT2D eigenvalue weighted by Gasteiger charge is 2.26. The summed E-state index contributed by atoms with van der Waals surface area (Å²) in [5.74, 6) is 7.88. The van der Waals surface area contributed by atoms with Gasteiger partial charge in [-0.3, -0.25) is 4.90 Å². The maximum atomic E-state index is 5.55. The number of hydrogen-bond donors (Lipinski definition) is 2. The zero-order chi connectivity index (χ0) is 13.4. The predicted molar refractivity (Wildman–Crippen MR) is 78.9 cm³/mol. The van der Waals surface area contributed by atoms with Crippen molar-refractivity contribution < 1.29 is 0 Å². The Morgan fingerprint density at radius 3 is 3.00 bits per heavy atom. The lowest BCUT2D eigenvalue weighted by Gasteiger charge is -2.20. The van der Waals surface area contributed by atoms with E-state index in [1.54, 1.807) is 11.3 Å². The molecule has 2 aromatic heterocycles. The van der Waals surface area contributed by atoms with Crippen LogP contribution in [-0.2, 0) is 6.54 Å². The third kappa shape index (κ3) is 2.43. The summed E-state index contributed by atoms with van der Waals surface area (Å²) < 4.78 is 0. The van der Waals surface area contributed by atoms with Gasteiger partial charge in [0.2, 0.25) is 0 Å². The van der Waals surface area contributed by atoms with E-state index in [4.69, 9.17) is 5.84 Å². The van der Waals surface area contributed by atoms with Crippen LogP contribution in [-0.4, -0.2) is 27.5 Å². The van der Waals surface area contributed by atoms with Crippen LogP contribution >= 0.6 is 11.3 Å². The van der Waals surface area contributed by atoms with E-state index in [0.717, 1.165) is 40.9 Å². The van der Waals surface area contributed by atoms with Crippen molar-refractivity contribution in [3.63, 3.8) is 0 Å². The Morgan fingerprint density at radius 1 is 1.47 bits per heavy atom. The zero-order valence-electron chi connectivity index (χ0n) is 11.3. The van der Waals surface area contributed by atoms with Gasteiger partial charge in [-0.1, -0.05) is 6.92 Å². The molecule has 19 heavy (non-hydrogen) atoms. The van der Waals surface area contributed by atoms with Crippen molar-refractivity contribution in [2.45, 2.75) is 32.9 Å². The number of likely N-dealkylation sites (tertiary alicyclic amines) is 1. The fraction of sp³-hybridized carbons (Fsp3) is 0.538. The van der Waals surface area contributed by atoms with Gasteiger partial charge in [-0.25, -0.2) is 15.8 Å². The highest BCUT2D eigenvalue weighted by atomic mass is 32.1. The molecule has 2 atom stereocenters. The van der Waals surface area contributed by atoms with E-state index < -0.39 is 0 Å². The van der Waals surface area contributed by atoms with E-state index in [1.165, 1.54) is 6.42 Å². The number of aromatic nitrogens is 2. The summed E-state index contributed by atoms with van der Waals surface area (Å²) in [6.07, 6.45) is 1.25. The summed E-state index contributed by atoms with van der Waals surface area (Å²) in [6, 6.07) is 2.60. The molecule has 1 fully saturated rings. The smallest absolute Gasteiger partial charge is 0.152 e. The van der Waals surface area contributed by atoms with Crippen LogP contribution in [0.2, 0.25) is 0 Å². The Labute approximate surface area is 116 Å². The Bertz CT molecular complexity index is 581. The molecule has 1 aliphatic rings. The third-order valence-corrected chi connectivity index (χ3v) is 4.57. The van der Waals surface area contributed by atoms with Gasteiger partial charge in [-0.05, 0) is 30.7 Å². The standard InChI is InChI=1S/C13H19N5S/c1-8-5-9(2)18(6-8)7-11-15-12(17-14)10-3-4-19-13(10)16-11/h3-4,8-9H,5-7,14H2,1-2H3,(H,15,16,17). The van der Waals surface area contributed by atoms with Gasteiger partial charge in [0.1, 0.15) is 10.7 Å². The first kappa shape index (κ1) is 12.8. The normalized spacial score (nSPS) is 24.2. The highest BCUT2D eigenvalue weighted by Crippen LogP contribution is 2.27. The monoisotopic (exact) mass is 277 g/mol. The summed E-state index contributed by atoms with van der Waals surface area (Å²) in [6.45, 7) is 6.49. The minimum atomic E-state index is 0.604. The molecule has 1 aliphatic heterocycles. The van der Waals surface area contributed by atoms with Crippen LogP contribution in [0.5, 0.6) is 0 Å². The van der Waals surface area contributed by atoms with Crippen LogP contribution in [0.4, 0.5) is 5.82 Å². The van der Waals surface area contributed by atoms with Gasteiger partial charge in [-0.2, -0.15) is 0 Å². The molecule has 0 aromatic carbocycles. The van der Waals surface area contributed by atoms with Crippen LogP contribution in [0, 0.1) is 5.92 Å². The molecule has 6 heteroatoms. The van der Waals surface area contributed by atoms with E-state index in [-0.39, 0.29) is 0 Å². The van der Waals surface area contributed by atoms with Gasteiger partial charge in [0, 0.05) is 12.6 Å². The first-order valence-electron chi connectivity index (χ1n) is 6.62. The molecule has 0 spiro atoms. The summed E-state index contributed by atoms with van der Waals surface area (Å²) >= 11 is 1.63. The second-order valence-corrected chi connectivity index (χ2v) is 6.29. The molecule has 3 heterocycles. The van der Waals surface area contributed by atoms with Crippen molar-refractivity contribution in [3.8, 4) is 0 Å². The van der Waals surface area contributed by atoms with Gasteiger partial charge >= 0.3 is 0 Å². The van der Waals surface area contributed by atoms with Gasteiger partial charge in [0.05, 0.1) is 11.9 Å². The molecular formula is C13H19N5S. The van der Waals surface area contributed by atoms with Gasteiger partial charge < -0.3 is 5.43 Å². The number of fused-ring (bicyclic) bond motifs is 1. The fourth-order valence-corrected chi connectivity index (χ4v) is 3.65. The number of thiophene rings is 1. The lowest BCUT2D eigenvalue weighted by atomic mass is 10.1. The largest absolute Gasteiger partial charge is 0.308 e. The Morgan fingerprint density at radius 2 is 2.32 bits per heavy atom. The molecule has 0 radical (unpaired) electrons. The molecule has 5 nitrogen and oxygen atoms in total. The molecule has 0 amide bonds. The summed E-state index contributed by atoms with van der Waals surface area (Å²) in [7, 11) is 0. The number of rotatable bonds is 3.